The van der Waals surface area contributed by atoms with Crippen molar-refractivity contribution in [3.05, 3.63) is 18.2 Å². The Bertz CT molecular complexity index is 506. The van der Waals surface area contributed by atoms with Crippen LogP contribution < -0.4 is 9.64 Å². The van der Waals surface area contributed by atoms with E-state index in [1.165, 1.54) is 12.1 Å². The summed E-state index contributed by atoms with van der Waals surface area (Å²) in [6, 6.07) is 4.37. The van der Waals surface area contributed by atoms with Crippen LogP contribution >= 0.6 is 0 Å². The maximum Gasteiger partial charge on any atom is 0.294 e. The van der Waals surface area contributed by atoms with Crippen molar-refractivity contribution in [3.8, 4) is 5.75 Å². The van der Waals surface area contributed by atoms with E-state index in [-0.39, 0.29) is 4.90 Å². The molecule has 1 aliphatic rings. The zero-order valence-corrected chi connectivity index (χ0v) is 10.4. The average Bonchev–Trinajstić information content (AvgIpc) is 2.80. The van der Waals surface area contributed by atoms with Crippen LogP contribution in [-0.2, 0) is 10.1 Å². The fraction of sp³-hybridized carbons (Fsp3) is 0.455. The minimum atomic E-state index is -4.16. The van der Waals surface area contributed by atoms with E-state index in [1.807, 2.05) is 0 Å². The fourth-order valence-corrected chi connectivity index (χ4v) is 2.54. The van der Waals surface area contributed by atoms with E-state index in [1.54, 1.807) is 13.2 Å². The van der Waals surface area contributed by atoms with E-state index in [0.29, 0.717) is 5.75 Å². The number of methoxy groups -OCH3 is 1. The van der Waals surface area contributed by atoms with Crippen LogP contribution in [0.2, 0.25) is 0 Å². The lowest BCUT2D eigenvalue weighted by Crippen LogP contribution is -2.18. The van der Waals surface area contributed by atoms with Gasteiger partial charge in [0.15, 0.2) is 0 Å². The van der Waals surface area contributed by atoms with Gasteiger partial charge >= 0.3 is 0 Å². The van der Waals surface area contributed by atoms with Gasteiger partial charge in [-0.2, -0.15) is 8.42 Å². The molecule has 0 aromatic heterocycles. The van der Waals surface area contributed by atoms with Crippen molar-refractivity contribution in [2.45, 2.75) is 17.7 Å². The predicted octanol–water partition coefficient (Wildman–Crippen LogP) is 1.54. The van der Waals surface area contributed by atoms with Gasteiger partial charge < -0.3 is 9.64 Å². The number of ether oxygens (including phenoxy) is 1. The molecule has 1 aliphatic heterocycles. The molecule has 1 heterocycles. The third kappa shape index (κ3) is 2.53. The SMILES string of the molecule is COc1ccc(S(=O)(=O)O)cc1N1CCCC1. The number of hydrogen-bond donors (Lipinski definition) is 1. The van der Waals surface area contributed by atoms with Crippen LogP contribution in [0.1, 0.15) is 12.8 Å². The highest BCUT2D eigenvalue weighted by Gasteiger charge is 2.19. The van der Waals surface area contributed by atoms with Gasteiger partial charge in [0.05, 0.1) is 17.7 Å². The number of anilines is 1. The Kier molecular flexibility index (Phi) is 3.26. The summed E-state index contributed by atoms with van der Waals surface area (Å²) in [4.78, 5) is 1.97. The first-order chi connectivity index (χ1) is 8.02. The van der Waals surface area contributed by atoms with Crippen LogP contribution in [0.3, 0.4) is 0 Å². The molecule has 1 saturated heterocycles. The molecular formula is C11H15NO4S. The summed E-state index contributed by atoms with van der Waals surface area (Å²) in [7, 11) is -2.62. The molecule has 1 aromatic carbocycles. The second kappa shape index (κ2) is 4.54. The van der Waals surface area contributed by atoms with Crippen molar-refractivity contribution in [3.63, 3.8) is 0 Å². The summed E-state index contributed by atoms with van der Waals surface area (Å²) in [5.74, 6) is 0.624. The van der Waals surface area contributed by atoms with Crippen molar-refractivity contribution in [1.82, 2.24) is 0 Å². The monoisotopic (exact) mass is 257 g/mol. The topological polar surface area (TPSA) is 66.8 Å². The van der Waals surface area contributed by atoms with E-state index in [9.17, 15) is 8.42 Å². The second-order valence-corrected chi connectivity index (χ2v) is 5.42. The van der Waals surface area contributed by atoms with Crippen molar-refractivity contribution in [2.75, 3.05) is 25.1 Å². The van der Waals surface area contributed by atoms with Gasteiger partial charge in [-0.05, 0) is 31.0 Å². The Labute approximate surface area is 101 Å². The van der Waals surface area contributed by atoms with E-state index >= 15 is 0 Å². The normalized spacial score (nSPS) is 16.2. The minimum absolute atomic E-state index is 0.0970. The van der Waals surface area contributed by atoms with Gasteiger partial charge in [-0.25, -0.2) is 0 Å². The van der Waals surface area contributed by atoms with Gasteiger partial charge in [0, 0.05) is 13.1 Å². The molecule has 0 aliphatic carbocycles. The van der Waals surface area contributed by atoms with Crippen molar-refractivity contribution in [1.29, 1.82) is 0 Å². The zero-order chi connectivity index (χ0) is 12.5. The molecule has 0 spiro atoms. The highest BCUT2D eigenvalue weighted by atomic mass is 32.2. The molecule has 0 bridgehead atoms. The van der Waals surface area contributed by atoms with E-state index in [2.05, 4.69) is 4.90 Å². The average molecular weight is 257 g/mol. The molecule has 6 heteroatoms. The summed E-state index contributed by atoms with van der Waals surface area (Å²) >= 11 is 0. The first kappa shape index (κ1) is 12.2. The molecule has 1 aromatic rings. The Hall–Kier alpha value is -1.27. The molecule has 1 fully saturated rings. The molecular weight excluding hydrogens is 242 g/mol. The van der Waals surface area contributed by atoms with Gasteiger partial charge in [-0.3, -0.25) is 4.55 Å². The smallest absolute Gasteiger partial charge is 0.294 e. The molecule has 0 unspecified atom stereocenters. The molecule has 2 rings (SSSR count). The van der Waals surface area contributed by atoms with Gasteiger partial charge in [0.1, 0.15) is 5.75 Å². The lowest BCUT2D eigenvalue weighted by atomic mass is 10.2. The molecule has 5 nitrogen and oxygen atoms in total. The van der Waals surface area contributed by atoms with Gasteiger partial charge in [0.25, 0.3) is 10.1 Å². The lowest BCUT2D eigenvalue weighted by molar-refractivity contribution is 0.414. The first-order valence-corrected chi connectivity index (χ1v) is 6.87. The fourth-order valence-electron chi connectivity index (χ4n) is 2.04. The van der Waals surface area contributed by atoms with Gasteiger partial charge in [-0.1, -0.05) is 0 Å². The lowest BCUT2D eigenvalue weighted by Gasteiger charge is -2.20. The predicted molar refractivity (Wildman–Crippen MR) is 64.3 cm³/mol. The van der Waals surface area contributed by atoms with Crippen LogP contribution in [0.5, 0.6) is 5.75 Å². The molecule has 1 N–H and O–H groups in total. The van der Waals surface area contributed by atoms with Crippen molar-refractivity contribution < 1.29 is 17.7 Å². The third-order valence-electron chi connectivity index (χ3n) is 2.89. The van der Waals surface area contributed by atoms with Gasteiger partial charge in [-0.15, -0.1) is 0 Å². The Morgan fingerprint density at radius 2 is 1.94 bits per heavy atom. The van der Waals surface area contributed by atoms with Crippen molar-refractivity contribution >= 4 is 15.8 Å². The molecule has 94 valence electrons. The number of nitrogens with zero attached hydrogens (tertiary/aromatic N) is 1. The molecule has 0 amide bonds. The Morgan fingerprint density at radius 1 is 1.29 bits per heavy atom. The first-order valence-electron chi connectivity index (χ1n) is 5.43. The maximum atomic E-state index is 11.1. The summed E-state index contributed by atoms with van der Waals surface area (Å²) in [6.07, 6.45) is 2.17. The van der Waals surface area contributed by atoms with Crippen LogP contribution in [0, 0.1) is 0 Å². The Morgan fingerprint density at radius 3 is 2.47 bits per heavy atom. The molecule has 17 heavy (non-hydrogen) atoms. The Balaban J connectivity index is 2.46. The number of benzene rings is 1. The maximum absolute atomic E-state index is 11.1. The highest BCUT2D eigenvalue weighted by Crippen LogP contribution is 2.32. The van der Waals surface area contributed by atoms with Crippen molar-refractivity contribution in [2.24, 2.45) is 0 Å². The quantitative estimate of drug-likeness (QED) is 0.832. The van der Waals surface area contributed by atoms with E-state index in [4.69, 9.17) is 9.29 Å². The van der Waals surface area contributed by atoms with Crippen LogP contribution in [0.25, 0.3) is 0 Å². The minimum Gasteiger partial charge on any atom is -0.495 e. The summed E-state index contributed by atoms with van der Waals surface area (Å²) < 4.78 is 36.4. The molecule has 0 atom stereocenters. The van der Waals surface area contributed by atoms with Crippen LogP contribution in [0.15, 0.2) is 23.1 Å². The van der Waals surface area contributed by atoms with Crippen LogP contribution in [-0.4, -0.2) is 33.2 Å². The third-order valence-corrected chi connectivity index (χ3v) is 3.74. The van der Waals surface area contributed by atoms with Crippen LogP contribution in [0.4, 0.5) is 5.69 Å². The highest BCUT2D eigenvalue weighted by molar-refractivity contribution is 7.85. The number of hydrogen-bond acceptors (Lipinski definition) is 4. The summed E-state index contributed by atoms with van der Waals surface area (Å²) in [6.45, 7) is 1.76. The van der Waals surface area contributed by atoms with Gasteiger partial charge in [0.2, 0.25) is 0 Å². The second-order valence-electron chi connectivity index (χ2n) is 4.00. The van der Waals surface area contributed by atoms with E-state index < -0.39 is 10.1 Å². The zero-order valence-electron chi connectivity index (χ0n) is 9.59. The molecule has 0 saturated carbocycles. The largest absolute Gasteiger partial charge is 0.495 e. The number of rotatable bonds is 3. The van der Waals surface area contributed by atoms with E-state index in [0.717, 1.165) is 31.6 Å². The standard InChI is InChI=1S/C11H15NO4S/c1-16-11-5-4-9(17(13,14)15)8-10(11)12-6-2-3-7-12/h4-5,8H,2-3,6-7H2,1H3,(H,13,14,15). The summed E-state index contributed by atoms with van der Waals surface area (Å²) in [5.41, 5.74) is 0.722. The molecule has 0 radical (unpaired) electrons. The summed E-state index contributed by atoms with van der Waals surface area (Å²) in [5, 5.41) is 0.